The summed E-state index contributed by atoms with van der Waals surface area (Å²) in [5, 5.41) is 0. The average molecular weight is 606 g/mol. The van der Waals surface area contributed by atoms with E-state index in [4.69, 9.17) is 13.9 Å². The first-order valence-corrected chi connectivity index (χ1v) is 13.7. The number of hydrogen-bond acceptors (Lipinski definition) is 6. The van der Waals surface area contributed by atoms with Crippen molar-refractivity contribution in [3.8, 4) is 0 Å². The number of nitrogens with zero attached hydrogens (tertiary/aromatic N) is 3. The Kier molecular flexibility index (Phi) is 10.5. The zero-order valence-corrected chi connectivity index (χ0v) is 22.9. The molecule has 0 saturated carbocycles. The maximum Gasteiger partial charge on any atom is 0.416 e. The number of amides is 2. The summed E-state index contributed by atoms with van der Waals surface area (Å²) in [6, 6.07) is 4.07. The highest BCUT2D eigenvalue weighted by molar-refractivity contribution is 5.97. The quantitative estimate of drug-likeness (QED) is 0.346. The molecule has 232 valence electrons. The molecule has 2 aromatic rings. The SMILES string of the molecule is O=C(CN(CCCN1CCOCC1)C(=O)c1cc(C(F)(F)F)cc(C(F)(F)F)c1)N(Cc1ccco1)CC1CCCO1. The Morgan fingerprint density at radius 2 is 1.64 bits per heavy atom. The van der Waals surface area contributed by atoms with Gasteiger partial charge in [-0.3, -0.25) is 14.5 Å². The predicted molar refractivity (Wildman–Crippen MR) is 137 cm³/mol. The van der Waals surface area contributed by atoms with Crippen LogP contribution in [0.15, 0.2) is 41.0 Å². The van der Waals surface area contributed by atoms with Crippen LogP contribution in [0.2, 0.25) is 0 Å². The summed E-state index contributed by atoms with van der Waals surface area (Å²) >= 11 is 0. The molecule has 0 bridgehead atoms. The summed E-state index contributed by atoms with van der Waals surface area (Å²) in [7, 11) is 0. The topological polar surface area (TPSA) is 75.5 Å². The van der Waals surface area contributed by atoms with Gasteiger partial charge in [0.2, 0.25) is 5.91 Å². The Labute approximate surface area is 239 Å². The van der Waals surface area contributed by atoms with E-state index in [1.54, 1.807) is 12.1 Å². The first-order chi connectivity index (χ1) is 19.9. The van der Waals surface area contributed by atoms with Gasteiger partial charge in [0.15, 0.2) is 0 Å². The second-order valence-corrected chi connectivity index (χ2v) is 10.3. The maximum absolute atomic E-state index is 13.6. The fraction of sp³-hybridized carbons (Fsp3) is 0.571. The van der Waals surface area contributed by atoms with Crippen LogP contribution in [0.25, 0.3) is 0 Å². The van der Waals surface area contributed by atoms with Crippen molar-refractivity contribution in [2.75, 3.05) is 59.1 Å². The maximum atomic E-state index is 13.6. The van der Waals surface area contributed by atoms with Gasteiger partial charge in [0, 0.05) is 44.9 Å². The molecule has 2 aliphatic rings. The van der Waals surface area contributed by atoms with E-state index < -0.39 is 47.4 Å². The molecule has 0 radical (unpaired) electrons. The van der Waals surface area contributed by atoms with E-state index in [0.29, 0.717) is 70.2 Å². The molecule has 0 spiro atoms. The van der Waals surface area contributed by atoms with Gasteiger partial charge in [-0.2, -0.15) is 26.3 Å². The predicted octanol–water partition coefficient (Wildman–Crippen LogP) is 4.69. The lowest BCUT2D eigenvalue weighted by Crippen LogP contribution is -2.46. The van der Waals surface area contributed by atoms with E-state index in [-0.39, 0.29) is 31.8 Å². The van der Waals surface area contributed by atoms with Crippen LogP contribution in [0.3, 0.4) is 0 Å². The standard InChI is InChI=1S/C28H33F6N3O5/c29-27(30,31)21-14-20(15-22(16-21)28(32,33)34)26(39)36(7-3-6-35-8-12-40-13-9-35)19-25(38)37(17-23-4-1-10-41-23)18-24-5-2-11-42-24/h1,4,10,14-16,24H,2-3,5-9,11-13,17-19H2. The van der Waals surface area contributed by atoms with E-state index in [1.807, 2.05) is 0 Å². The lowest BCUT2D eigenvalue weighted by atomic mass is 10.0. The van der Waals surface area contributed by atoms with Gasteiger partial charge in [-0.05, 0) is 49.6 Å². The van der Waals surface area contributed by atoms with Crippen LogP contribution in [0.5, 0.6) is 0 Å². The fourth-order valence-electron chi connectivity index (χ4n) is 4.97. The third-order valence-corrected chi connectivity index (χ3v) is 7.18. The summed E-state index contributed by atoms with van der Waals surface area (Å²) in [4.78, 5) is 31.6. The molecule has 8 nitrogen and oxygen atoms in total. The van der Waals surface area contributed by atoms with Gasteiger partial charge in [0.05, 0.1) is 43.3 Å². The normalized spacial score (nSPS) is 18.3. The zero-order chi connectivity index (χ0) is 30.3. The second-order valence-electron chi connectivity index (χ2n) is 10.3. The summed E-state index contributed by atoms with van der Waals surface area (Å²) in [6.07, 6.45) is -7.16. The van der Waals surface area contributed by atoms with Crippen LogP contribution in [-0.2, 0) is 33.2 Å². The lowest BCUT2D eigenvalue weighted by molar-refractivity contribution is -0.143. The lowest BCUT2D eigenvalue weighted by Gasteiger charge is -2.30. The average Bonchev–Trinajstić information content (AvgIpc) is 3.66. The Hall–Kier alpha value is -3.10. The first kappa shape index (κ1) is 31.8. The Morgan fingerprint density at radius 1 is 0.952 bits per heavy atom. The van der Waals surface area contributed by atoms with Crippen LogP contribution >= 0.6 is 0 Å². The Balaban J connectivity index is 1.58. The number of morpholine rings is 1. The molecule has 1 aromatic heterocycles. The van der Waals surface area contributed by atoms with Gasteiger partial charge >= 0.3 is 12.4 Å². The Bertz CT molecular complexity index is 1140. The van der Waals surface area contributed by atoms with Crippen molar-refractivity contribution in [1.82, 2.24) is 14.7 Å². The van der Waals surface area contributed by atoms with Crippen molar-refractivity contribution in [3.63, 3.8) is 0 Å². The molecule has 1 atom stereocenters. The largest absolute Gasteiger partial charge is 0.467 e. The van der Waals surface area contributed by atoms with Gasteiger partial charge in [-0.25, -0.2) is 0 Å². The molecular weight excluding hydrogens is 572 g/mol. The third kappa shape index (κ3) is 8.95. The highest BCUT2D eigenvalue weighted by Gasteiger charge is 2.38. The van der Waals surface area contributed by atoms with Crippen LogP contribution < -0.4 is 0 Å². The number of ether oxygens (including phenoxy) is 2. The van der Waals surface area contributed by atoms with E-state index in [2.05, 4.69) is 4.90 Å². The van der Waals surface area contributed by atoms with E-state index in [9.17, 15) is 35.9 Å². The van der Waals surface area contributed by atoms with Crippen molar-refractivity contribution < 1.29 is 49.8 Å². The molecular formula is C28H33F6N3O5. The zero-order valence-electron chi connectivity index (χ0n) is 22.9. The van der Waals surface area contributed by atoms with Gasteiger partial charge in [0.1, 0.15) is 12.3 Å². The minimum Gasteiger partial charge on any atom is -0.467 e. The number of halogens is 6. The smallest absolute Gasteiger partial charge is 0.416 e. The number of benzene rings is 1. The van der Waals surface area contributed by atoms with Gasteiger partial charge in [0.25, 0.3) is 5.91 Å². The highest BCUT2D eigenvalue weighted by Crippen LogP contribution is 2.36. The highest BCUT2D eigenvalue weighted by atomic mass is 19.4. The van der Waals surface area contributed by atoms with Gasteiger partial charge in [-0.15, -0.1) is 0 Å². The minimum absolute atomic E-state index is 0.0304. The van der Waals surface area contributed by atoms with Crippen LogP contribution in [0.1, 0.15) is 46.5 Å². The first-order valence-electron chi connectivity index (χ1n) is 13.7. The van der Waals surface area contributed by atoms with Crippen LogP contribution in [-0.4, -0.2) is 91.7 Å². The van der Waals surface area contributed by atoms with E-state index in [0.717, 1.165) is 11.3 Å². The summed E-state index contributed by atoms with van der Waals surface area (Å²) in [6.45, 7) is 3.02. The number of carbonyl (C=O) groups excluding carboxylic acids is 2. The van der Waals surface area contributed by atoms with Crippen molar-refractivity contribution in [2.45, 2.75) is 44.3 Å². The fourth-order valence-corrected chi connectivity index (χ4v) is 4.97. The third-order valence-electron chi connectivity index (χ3n) is 7.18. The molecule has 0 aliphatic carbocycles. The molecule has 2 amide bonds. The molecule has 2 saturated heterocycles. The number of rotatable bonds is 11. The van der Waals surface area contributed by atoms with E-state index in [1.165, 1.54) is 11.2 Å². The number of hydrogen-bond donors (Lipinski definition) is 0. The van der Waals surface area contributed by atoms with Crippen molar-refractivity contribution in [2.24, 2.45) is 0 Å². The minimum atomic E-state index is -5.12. The summed E-state index contributed by atoms with van der Waals surface area (Å²) in [5.74, 6) is -1.17. The molecule has 42 heavy (non-hydrogen) atoms. The molecule has 2 aliphatic heterocycles. The molecule has 1 unspecified atom stereocenters. The molecule has 2 fully saturated rings. The van der Waals surface area contributed by atoms with Crippen molar-refractivity contribution in [3.05, 3.63) is 59.0 Å². The van der Waals surface area contributed by atoms with Crippen LogP contribution in [0, 0.1) is 0 Å². The summed E-state index contributed by atoms with van der Waals surface area (Å²) < 4.78 is 97.4. The second kappa shape index (κ2) is 13.9. The molecule has 14 heteroatoms. The molecule has 3 heterocycles. The van der Waals surface area contributed by atoms with Gasteiger partial charge < -0.3 is 23.7 Å². The number of alkyl halides is 6. The molecule has 0 N–H and O–H groups in total. The van der Waals surface area contributed by atoms with Crippen molar-refractivity contribution in [1.29, 1.82) is 0 Å². The van der Waals surface area contributed by atoms with Gasteiger partial charge in [-0.1, -0.05) is 0 Å². The number of furan rings is 1. The van der Waals surface area contributed by atoms with Crippen LogP contribution in [0.4, 0.5) is 26.3 Å². The monoisotopic (exact) mass is 605 g/mol. The summed E-state index contributed by atoms with van der Waals surface area (Å²) in [5.41, 5.74) is -4.00. The Morgan fingerprint density at radius 3 is 2.21 bits per heavy atom. The van der Waals surface area contributed by atoms with Crippen molar-refractivity contribution >= 4 is 11.8 Å². The van der Waals surface area contributed by atoms with E-state index >= 15 is 0 Å². The molecule has 4 rings (SSSR count). The molecule has 1 aromatic carbocycles. The number of carbonyl (C=O) groups is 2.